The molecule has 0 aromatic carbocycles. The fourth-order valence-corrected chi connectivity index (χ4v) is 2.51. The van der Waals surface area contributed by atoms with Crippen LogP contribution in [0.15, 0.2) is 17.4 Å². The largest absolute Gasteiger partial charge is 0.370 e. The number of halogens is 1. The van der Waals surface area contributed by atoms with Crippen LogP contribution in [0.25, 0.3) is 0 Å². The molecule has 1 N–H and O–H groups in total. The van der Waals surface area contributed by atoms with Crippen LogP contribution in [0, 0.1) is 0 Å². The number of guanidine groups is 1. The van der Waals surface area contributed by atoms with E-state index in [4.69, 9.17) is 4.74 Å². The van der Waals surface area contributed by atoms with Gasteiger partial charge in [-0.2, -0.15) is 5.10 Å². The molecule has 2 heterocycles. The molecule has 0 radical (unpaired) electrons. The van der Waals surface area contributed by atoms with E-state index in [0.29, 0.717) is 25.7 Å². The van der Waals surface area contributed by atoms with Gasteiger partial charge < -0.3 is 24.8 Å². The lowest BCUT2D eigenvalue weighted by molar-refractivity contribution is -0.127. The molecule has 0 saturated carbocycles. The van der Waals surface area contributed by atoms with Gasteiger partial charge >= 0.3 is 0 Å². The van der Waals surface area contributed by atoms with Crippen molar-refractivity contribution >= 4 is 41.8 Å². The van der Waals surface area contributed by atoms with Crippen molar-refractivity contribution in [3.8, 4) is 0 Å². The Hall–Kier alpha value is -1.89. The maximum atomic E-state index is 11.9. The van der Waals surface area contributed by atoms with Gasteiger partial charge in [0.15, 0.2) is 5.96 Å². The molecule has 1 atom stereocenters. The number of morpholine rings is 1. The number of carbonyl (C=O) groups is 2. The van der Waals surface area contributed by atoms with Crippen LogP contribution in [0.1, 0.15) is 11.7 Å². The van der Waals surface area contributed by atoms with E-state index in [9.17, 15) is 9.59 Å². The lowest BCUT2D eigenvalue weighted by Gasteiger charge is -2.35. The van der Waals surface area contributed by atoms with Crippen molar-refractivity contribution in [1.82, 2.24) is 29.8 Å². The van der Waals surface area contributed by atoms with Crippen molar-refractivity contribution in [2.24, 2.45) is 12.0 Å². The number of aromatic nitrogens is 2. The third-order valence-electron chi connectivity index (χ3n) is 4.22. The molecule has 0 aliphatic carbocycles. The van der Waals surface area contributed by atoms with Gasteiger partial charge in [-0.1, -0.05) is 0 Å². The Kier molecular flexibility index (Phi) is 9.65. The molecule has 10 nitrogen and oxygen atoms in total. The van der Waals surface area contributed by atoms with Crippen molar-refractivity contribution < 1.29 is 14.3 Å². The van der Waals surface area contributed by atoms with Gasteiger partial charge in [-0.3, -0.25) is 14.3 Å². The van der Waals surface area contributed by atoms with Crippen LogP contribution in [0.3, 0.4) is 0 Å². The second kappa shape index (κ2) is 11.2. The van der Waals surface area contributed by atoms with E-state index < -0.39 is 0 Å². The highest BCUT2D eigenvalue weighted by Gasteiger charge is 2.26. The van der Waals surface area contributed by atoms with Crippen LogP contribution in [0.4, 0.5) is 0 Å². The van der Waals surface area contributed by atoms with E-state index >= 15 is 0 Å². The molecule has 1 aliphatic heterocycles. The molecule has 0 bridgehead atoms. The van der Waals surface area contributed by atoms with Crippen molar-refractivity contribution in [1.29, 1.82) is 0 Å². The SMILES string of the molecule is CN(C)C(=O)CN=C(NCC(=O)N(C)C)N1CCOC(c2cnn(C)c2)C1.I. The molecule has 158 valence electrons. The van der Waals surface area contributed by atoms with Gasteiger partial charge in [-0.25, -0.2) is 4.99 Å². The molecule has 1 saturated heterocycles. The van der Waals surface area contributed by atoms with Crippen LogP contribution in [0.2, 0.25) is 0 Å². The molecule has 1 aromatic heterocycles. The summed E-state index contributed by atoms with van der Waals surface area (Å²) in [7, 11) is 8.63. The number of ether oxygens (including phenoxy) is 1. The zero-order valence-electron chi connectivity index (χ0n) is 17.1. The Balaban J connectivity index is 0.00000392. The average molecular weight is 507 g/mol. The van der Waals surface area contributed by atoms with E-state index in [-0.39, 0.29) is 55.0 Å². The first-order valence-electron chi connectivity index (χ1n) is 8.81. The normalized spacial score (nSPS) is 17.0. The van der Waals surface area contributed by atoms with Crippen LogP contribution in [-0.4, -0.2) is 103 Å². The summed E-state index contributed by atoms with van der Waals surface area (Å²) >= 11 is 0. The number of likely N-dealkylation sites (N-methyl/N-ethyl adjacent to an activating group) is 2. The van der Waals surface area contributed by atoms with Gasteiger partial charge in [0.1, 0.15) is 12.6 Å². The van der Waals surface area contributed by atoms with Gasteiger partial charge in [-0.05, 0) is 0 Å². The van der Waals surface area contributed by atoms with E-state index in [1.807, 2.05) is 18.1 Å². The maximum absolute atomic E-state index is 11.9. The van der Waals surface area contributed by atoms with Crippen molar-refractivity contribution in [2.75, 3.05) is 61.0 Å². The Labute approximate surface area is 182 Å². The number of aliphatic imine (C=N–C) groups is 1. The second-order valence-electron chi connectivity index (χ2n) is 6.82. The Morgan fingerprint density at radius 2 is 1.96 bits per heavy atom. The minimum Gasteiger partial charge on any atom is -0.370 e. The minimum atomic E-state index is -0.145. The lowest BCUT2D eigenvalue weighted by Crippen LogP contribution is -2.50. The third kappa shape index (κ3) is 6.93. The van der Waals surface area contributed by atoms with E-state index in [2.05, 4.69) is 15.4 Å². The Bertz CT molecular complexity index is 690. The second-order valence-corrected chi connectivity index (χ2v) is 6.82. The van der Waals surface area contributed by atoms with Crippen LogP contribution in [0.5, 0.6) is 0 Å². The number of amides is 2. The summed E-state index contributed by atoms with van der Waals surface area (Å²) in [5, 5.41) is 7.27. The third-order valence-corrected chi connectivity index (χ3v) is 4.22. The highest BCUT2D eigenvalue weighted by Crippen LogP contribution is 2.21. The van der Waals surface area contributed by atoms with Crippen molar-refractivity contribution in [2.45, 2.75) is 6.10 Å². The summed E-state index contributed by atoms with van der Waals surface area (Å²) in [6, 6.07) is 0. The molecule has 11 heteroatoms. The average Bonchev–Trinajstić information content (AvgIpc) is 3.07. The predicted molar refractivity (Wildman–Crippen MR) is 117 cm³/mol. The molecule has 2 rings (SSSR count). The minimum absolute atomic E-state index is 0. The molecule has 28 heavy (non-hydrogen) atoms. The van der Waals surface area contributed by atoms with E-state index in [1.54, 1.807) is 39.1 Å². The molecule has 2 amide bonds. The van der Waals surface area contributed by atoms with Gasteiger partial charge in [0.05, 0.1) is 25.9 Å². The monoisotopic (exact) mass is 507 g/mol. The molecule has 1 unspecified atom stereocenters. The fraction of sp³-hybridized carbons (Fsp3) is 0.647. The number of nitrogens with zero attached hydrogens (tertiary/aromatic N) is 6. The molecule has 1 fully saturated rings. The summed E-state index contributed by atoms with van der Waals surface area (Å²) < 4.78 is 7.59. The van der Waals surface area contributed by atoms with Crippen molar-refractivity contribution in [3.63, 3.8) is 0 Å². The quantitative estimate of drug-likeness (QED) is 0.329. The molecule has 1 aliphatic rings. The Morgan fingerprint density at radius 3 is 2.54 bits per heavy atom. The van der Waals surface area contributed by atoms with Gasteiger partial charge in [0.25, 0.3) is 0 Å². The van der Waals surface area contributed by atoms with Gasteiger partial charge in [0, 0.05) is 53.5 Å². The van der Waals surface area contributed by atoms with E-state index in [1.165, 1.54) is 9.80 Å². The zero-order valence-corrected chi connectivity index (χ0v) is 19.4. The highest BCUT2D eigenvalue weighted by molar-refractivity contribution is 14.0. The zero-order chi connectivity index (χ0) is 20.0. The number of hydrogen-bond donors (Lipinski definition) is 1. The highest BCUT2D eigenvalue weighted by atomic mass is 127. The first kappa shape index (κ1) is 24.1. The van der Waals surface area contributed by atoms with Gasteiger partial charge in [-0.15, -0.1) is 24.0 Å². The van der Waals surface area contributed by atoms with Crippen LogP contribution < -0.4 is 5.32 Å². The molecular weight excluding hydrogens is 477 g/mol. The molecule has 1 aromatic rings. The summed E-state index contributed by atoms with van der Waals surface area (Å²) in [5.74, 6) is 0.349. The molecular formula is C17H30IN7O3. The first-order valence-corrected chi connectivity index (χ1v) is 8.81. The van der Waals surface area contributed by atoms with E-state index in [0.717, 1.165) is 5.56 Å². The number of nitrogens with one attached hydrogen (secondary N) is 1. The number of rotatable bonds is 5. The first-order chi connectivity index (χ1) is 12.8. The Morgan fingerprint density at radius 1 is 1.29 bits per heavy atom. The standard InChI is InChI=1S/C17H29N7O3.HI/c1-21(2)15(25)9-18-17(19-10-16(26)22(3)4)24-6-7-27-14(12-24)13-8-20-23(5)11-13;/h8,11,14H,6-7,9-10,12H2,1-5H3,(H,18,19);1H. The van der Waals surface area contributed by atoms with Crippen LogP contribution >= 0.6 is 24.0 Å². The summed E-state index contributed by atoms with van der Waals surface area (Å²) in [6.45, 7) is 1.82. The van der Waals surface area contributed by atoms with Crippen molar-refractivity contribution in [3.05, 3.63) is 18.0 Å². The number of hydrogen-bond acceptors (Lipinski definition) is 5. The topological polar surface area (TPSA) is 95.3 Å². The number of carbonyl (C=O) groups excluding carboxylic acids is 2. The maximum Gasteiger partial charge on any atom is 0.243 e. The predicted octanol–water partition coefficient (Wildman–Crippen LogP) is -0.467. The lowest BCUT2D eigenvalue weighted by atomic mass is 10.1. The number of aryl methyl sites for hydroxylation is 1. The summed E-state index contributed by atoms with van der Waals surface area (Å²) in [6.07, 6.45) is 3.56. The molecule has 0 spiro atoms. The summed E-state index contributed by atoms with van der Waals surface area (Å²) in [5.41, 5.74) is 0.982. The van der Waals surface area contributed by atoms with Crippen LogP contribution in [-0.2, 0) is 21.4 Å². The fourth-order valence-electron chi connectivity index (χ4n) is 2.51. The van der Waals surface area contributed by atoms with Gasteiger partial charge in [0.2, 0.25) is 11.8 Å². The summed E-state index contributed by atoms with van der Waals surface area (Å²) in [4.78, 5) is 33.3. The smallest absolute Gasteiger partial charge is 0.243 e.